The summed E-state index contributed by atoms with van der Waals surface area (Å²) < 4.78 is 33.2. The van der Waals surface area contributed by atoms with E-state index in [0.717, 1.165) is 0 Å². The van der Waals surface area contributed by atoms with Gasteiger partial charge in [-0.1, -0.05) is 48.3 Å². The lowest BCUT2D eigenvalue weighted by atomic mass is 9.89. The monoisotopic (exact) mass is 507 g/mol. The number of esters is 1. The molecule has 1 unspecified atom stereocenters. The van der Waals surface area contributed by atoms with Crippen LogP contribution in [0, 0.1) is 11.6 Å². The van der Waals surface area contributed by atoms with Crippen LogP contribution in [0.2, 0.25) is 10.0 Å². The van der Waals surface area contributed by atoms with Gasteiger partial charge in [0.1, 0.15) is 23.8 Å². The molecule has 0 saturated carbocycles. The average Bonchev–Trinajstić information content (AvgIpc) is 2.77. The van der Waals surface area contributed by atoms with Crippen LogP contribution in [-0.4, -0.2) is 24.1 Å². The summed E-state index contributed by atoms with van der Waals surface area (Å²) in [5, 5.41) is 13.2. The van der Waals surface area contributed by atoms with Gasteiger partial charge in [0.25, 0.3) is 0 Å². The fraction of sp³-hybridized carbons (Fsp3) is 0.200. The van der Waals surface area contributed by atoms with E-state index in [2.05, 4.69) is 10.1 Å². The Morgan fingerprint density at radius 2 is 1.68 bits per heavy atom. The number of anilines is 1. The van der Waals surface area contributed by atoms with Crippen LogP contribution in [0.15, 0.2) is 48.5 Å². The molecule has 0 fully saturated rings. The molecule has 0 bridgehead atoms. The summed E-state index contributed by atoms with van der Waals surface area (Å²) in [6.45, 7) is 1.71. The Morgan fingerprint density at radius 1 is 1.06 bits per heavy atom. The minimum absolute atomic E-state index is 0.0172. The van der Waals surface area contributed by atoms with Gasteiger partial charge < -0.3 is 15.2 Å². The SMILES string of the molecule is COC(=O)CC(=O)Nc1cc(Cl)c(Cc2ccc(O)c(C(C)c3ccc(F)cc3)c2F)c(Cl)c1. The van der Waals surface area contributed by atoms with Crippen molar-refractivity contribution in [3.8, 4) is 5.75 Å². The van der Waals surface area contributed by atoms with Gasteiger partial charge in [-0.2, -0.15) is 0 Å². The normalized spacial score (nSPS) is 11.7. The summed E-state index contributed by atoms with van der Waals surface area (Å²) in [7, 11) is 1.17. The van der Waals surface area contributed by atoms with E-state index >= 15 is 4.39 Å². The second kappa shape index (κ2) is 10.8. The predicted octanol–water partition coefficient (Wildman–Crippen LogP) is 6.22. The smallest absolute Gasteiger partial charge is 0.315 e. The highest BCUT2D eigenvalue weighted by Gasteiger charge is 2.22. The summed E-state index contributed by atoms with van der Waals surface area (Å²) in [5.74, 6) is -3.10. The highest BCUT2D eigenvalue weighted by Crippen LogP contribution is 2.37. The second-order valence-electron chi connectivity index (χ2n) is 7.64. The van der Waals surface area contributed by atoms with Gasteiger partial charge in [-0.05, 0) is 47.0 Å². The molecule has 34 heavy (non-hydrogen) atoms. The third-order valence-electron chi connectivity index (χ3n) is 5.36. The van der Waals surface area contributed by atoms with Gasteiger partial charge in [-0.15, -0.1) is 0 Å². The van der Waals surface area contributed by atoms with Crippen molar-refractivity contribution in [1.29, 1.82) is 0 Å². The van der Waals surface area contributed by atoms with Crippen LogP contribution in [0.3, 0.4) is 0 Å². The molecule has 1 amide bonds. The number of methoxy groups -OCH3 is 1. The number of carbonyl (C=O) groups is 2. The first-order chi connectivity index (χ1) is 16.1. The van der Waals surface area contributed by atoms with E-state index in [0.29, 0.717) is 11.1 Å². The number of nitrogens with one attached hydrogen (secondary N) is 1. The number of rotatable bonds is 7. The zero-order valence-corrected chi connectivity index (χ0v) is 19.8. The Morgan fingerprint density at radius 3 is 2.26 bits per heavy atom. The molecule has 3 aromatic carbocycles. The van der Waals surface area contributed by atoms with Gasteiger partial charge in [0.05, 0.1) is 7.11 Å². The fourth-order valence-electron chi connectivity index (χ4n) is 3.54. The van der Waals surface area contributed by atoms with E-state index in [1.807, 2.05) is 0 Å². The Balaban J connectivity index is 1.88. The van der Waals surface area contributed by atoms with E-state index in [9.17, 15) is 19.1 Å². The van der Waals surface area contributed by atoms with Crippen molar-refractivity contribution in [2.24, 2.45) is 0 Å². The van der Waals surface area contributed by atoms with Gasteiger partial charge in [0, 0.05) is 33.6 Å². The van der Waals surface area contributed by atoms with Crippen molar-refractivity contribution >= 4 is 40.8 Å². The summed E-state index contributed by atoms with van der Waals surface area (Å²) in [6.07, 6.45) is -0.454. The Bertz CT molecular complexity index is 1210. The molecule has 0 radical (unpaired) electrons. The van der Waals surface area contributed by atoms with Gasteiger partial charge in [-0.3, -0.25) is 9.59 Å². The van der Waals surface area contributed by atoms with Gasteiger partial charge >= 0.3 is 5.97 Å². The maximum Gasteiger partial charge on any atom is 0.315 e. The molecule has 0 heterocycles. The van der Waals surface area contributed by atoms with E-state index < -0.39 is 35.8 Å². The lowest BCUT2D eigenvalue weighted by Crippen LogP contribution is -2.17. The van der Waals surface area contributed by atoms with Crippen LogP contribution in [0.4, 0.5) is 14.5 Å². The molecule has 0 saturated heterocycles. The average molecular weight is 508 g/mol. The molecular weight excluding hydrogens is 487 g/mol. The number of phenolic OH excluding ortho intramolecular Hbond substituents is 1. The molecule has 9 heteroatoms. The quantitative estimate of drug-likeness (QED) is 0.294. The molecule has 0 aliphatic heterocycles. The van der Waals surface area contributed by atoms with Crippen molar-refractivity contribution in [3.63, 3.8) is 0 Å². The second-order valence-corrected chi connectivity index (χ2v) is 8.46. The Hall–Kier alpha value is -3.16. The topological polar surface area (TPSA) is 75.6 Å². The van der Waals surface area contributed by atoms with Crippen molar-refractivity contribution in [3.05, 3.63) is 92.5 Å². The molecule has 0 spiro atoms. The summed E-state index contributed by atoms with van der Waals surface area (Å²) in [5.41, 5.74) is 1.63. The first kappa shape index (κ1) is 25.5. The molecule has 0 aliphatic carbocycles. The predicted molar refractivity (Wildman–Crippen MR) is 127 cm³/mol. The molecule has 5 nitrogen and oxygen atoms in total. The first-order valence-corrected chi connectivity index (χ1v) is 11.0. The standard InChI is InChI=1S/C25H21Cl2F2NO4/c1-13(14-3-6-16(28)7-4-14)24-21(31)8-5-15(25(24)29)9-18-19(26)10-17(11-20(18)27)30-22(32)12-23(33)34-2/h3-8,10-11,13,31H,9,12H2,1-2H3,(H,30,32). The van der Waals surface area contributed by atoms with Gasteiger partial charge in [0.2, 0.25) is 5.91 Å². The third kappa shape index (κ3) is 5.85. The van der Waals surface area contributed by atoms with Crippen molar-refractivity contribution < 1.29 is 28.2 Å². The van der Waals surface area contributed by atoms with Crippen LogP contribution >= 0.6 is 23.2 Å². The van der Waals surface area contributed by atoms with E-state index in [-0.39, 0.29) is 39.0 Å². The minimum Gasteiger partial charge on any atom is -0.508 e. The number of halogens is 4. The van der Waals surface area contributed by atoms with Crippen LogP contribution in [-0.2, 0) is 20.7 Å². The maximum absolute atomic E-state index is 15.5. The van der Waals surface area contributed by atoms with E-state index in [1.165, 1.54) is 55.6 Å². The molecule has 0 aliphatic rings. The summed E-state index contributed by atoms with van der Waals surface area (Å²) in [4.78, 5) is 23.1. The zero-order chi connectivity index (χ0) is 25.0. The lowest BCUT2D eigenvalue weighted by molar-refractivity contribution is -0.142. The fourth-order valence-corrected chi connectivity index (χ4v) is 4.16. The minimum atomic E-state index is -0.695. The maximum atomic E-state index is 15.5. The lowest BCUT2D eigenvalue weighted by Gasteiger charge is -2.18. The van der Waals surface area contributed by atoms with Crippen LogP contribution in [0.5, 0.6) is 5.75 Å². The Labute approximate surface area is 205 Å². The number of aromatic hydroxyl groups is 1. The summed E-state index contributed by atoms with van der Waals surface area (Å²) >= 11 is 12.7. The number of benzene rings is 3. The molecule has 0 aromatic heterocycles. The number of carbonyl (C=O) groups excluding carboxylic acids is 2. The molecular formula is C25H21Cl2F2NO4. The van der Waals surface area contributed by atoms with Gasteiger partial charge in [0.15, 0.2) is 0 Å². The van der Waals surface area contributed by atoms with Crippen LogP contribution < -0.4 is 5.32 Å². The number of hydrogen-bond donors (Lipinski definition) is 2. The van der Waals surface area contributed by atoms with E-state index in [4.69, 9.17) is 23.2 Å². The van der Waals surface area contributed by atoms with Crippen molar-refractivity contribution in [2.75, 3.05) is 12.4 Å². The molecule has 2 N–H and O–H groups in total. The highest BCUT2D eigenvalue weighted by atomic mass is 35.5. The highest BCUT2D eigenvalue weighted by molar-refractivity contribution is 6.36. The number of amides is 1. The van der Waals surface area contributed by atoms with Crippen molar-refractivity contribution in [2.45, 2.75) is 25.7 Å². The third-order valence-corrected chi connectivity index (χ3v) is 6.04. The number of phenols is 1. The van der Waals surface area contributed by atoms with Crippen LogP contribution in [0.25, 0.3) is 0 Å². The molecule has 3 rings (SSSR count). The first-order valence-electron chi connectivity index (χ1n) is 10.2. The van der Waals surface area contributed by atoms with Crippen LogP contribution in [0.1, 0.15) is 41.5 Å². The van der Waals surface area contributed by atoms with E-state index in [1.54, 1.807) is 6.92 Å². The zero-order valence-electron chi connectivity index (χ0n) is 18.3. The molecule has 3 aromatic rings. The number of hydrogen-bond acceptors (Lipinski definition) is 4. The molecule has 1 atom stereocenters. The largest absolute Gasteiger partial charge is 0.508 e. The summed E-state index contributed by atoms with van der Waals surface area (Å²) in [6, 6.07) is 11.3. The van der Waals surface area contributed by atoms with Gasteiger partial charge in [-0.25, -0.2) is 8.78 Å². The Kier molecular flexibility index (Phi) is 8.12. The number of ether oxygens (including phenoxy) is 1. The molecule has 178 valence electrons. The van der Waals surface area contributed by atoms with Crippen molar-refractivity contribution in [1.82, 2.24) is 0 Å².